The van der Waals surface area contributed by atoms with Crippen LogP contribution in [0.3, 0.4) is 0 Å². The summed E-state index contributed by atoms with van der Waals surface area (Å²) in [7, 11) is 0. The number of aryl methyl sites for hydroxylation is 1. The molecule has 3 rings (SSSR count). The molecule has 24 heavy (non-hydrogen) atoms. The maximum atomic E-state index is 12.9. The maximum Gasteiger partial charge on any atom is 0.254 e. The van der Waals surface area contributed by atoms with Crippen LogP contribution in [-0.4, -0.2) is 17.4 Å². The van der Waals surface area contributed by atoms with Crippen LogP contribution >= 0.6 is 0 Å². The Morgan fingerprint density at radius 2 is 1.71 bits per heavy atom. The van der Waals surface area contributed by atoms with Crippen molar-refractivity contribution in [1.29, 1.82) is 0 Å². The zero-order valence-corrected chi connectivity index (χ0v) is 13.8. The van der Waals surface area contributed by atoms with E-state index in [2.05, 4.69) is 12.1 Å². The number of carbonyl (C=O) groups is 1. The highest BCUT2D eigenvalue weighted by molar-refractivity contribution is 5.94. The van der Waals surface area contributed by atoms with E-state index in [9.17, 15) is 4.79 Å². The van der Waals surface area contributed by atoms with E-state index in [4.69, 9.17) is 4.42 Å². The fourth-order valence-corrected chi connectivity index (χ4v) is 2.63. The van der Waals surface area contributed by atoms with E-state index in [1.807, 2.05) is 66.4 Å². The van der Waals surface area contributed by atoms with Crippen LogP contribution < -0.4 is 0 Å². The van der Waals surface area contributed by atoms with Gasteiger partial charge in [-0.05, 0) is 43.2 Å². The van der Waals surface area contributed by atoms with Gasteiger partial charge in [0.25, 0.3) is 5.91 Å². The molecule has 3 heteroatoms. The molecule has 0 spiro atoms. The van der Waals surface area contributed by atoms with Crippen molar-refractivity contribution in [2.45, 2.75) is 19.9 Å². The third-order valence-corrected chi connectivity index (χ3v) is 4.03. The minimum absolute atomic E-state index is 0.0299. The molecule has 1 aromatic heterocycles. The largest absolute Gasteiger partial charge is 0.467 e. The fourth-order valence-electron chi connectivity index (χ4n) is 2.63. The molecule has 0 saturated carbocycles. The van der Waals surface area contributed by atoms with Crippen LogP contribution in [0.15, 0.2) is 77.4 Å². The molecule has 0 bridgehead atoms. The highest BCUT2D eigenvalue weighted by atomic mass is 16.3. The Balaban J connectivity index is 1.75. The van der Waals surface area contributed by atoms with E-state index < -0.39 is 0 Å². The lowest BCUT2D eigenvalue weighted by Gasteiger charge is -2.22. The molecule has 122 valence electrons. The monoisotopic (exact) mass is 319 g/mol. The molecular weight excluding hydrogens is 298 g/mol. The first-order valence-electron chi connectivity index (χ1n) is 8.14. The number of nitrogens with zero attached hydrogens (tertiary/aromatic N) is 1. The minimum atomic E-state index is 0.0299. The lowest BCUT2D eigenvalue weighted by atomic mass is 10.1. The van der Waals surface area contributed by atoms with Crippen molar-refractivity contribution < 1.29 is 9.21 Å². The van der Waals surface area contributed by atoms with Gasteiger partial charge >= 0.3 is 0 Å². The van der Waals surface area contributed by atoms with Crippen molar-refractivity contribution in [3.63, 3.8) is 0 Å². The van der Waals surface area contributed by atoms with E-state index in [1.165, 1.54) is 5.56 Å². The van der Waals surface area contributed by atoms with Crippen molar-refractivity contribution in [2.24, 2.45) is 0 Å². The zero-order valence-electron chi connectivity index (χ0n) is 13.8. The van der Waals surface area contributed by atoms with Gasteiger partial charge in [-0.25, -0.2) is 0 Å². The summed E-state index contributed by atoms with van der Waals surface area (Å²) in [5.74, 6) is 0.825. The Morgan fingerprint density at radius 3 is 2.38 bits per heavy atom. The van der Waals surface area contributed by atoms with Gasteiger partial charge in [0.2, 0.25) is 0 Å². The van der Waals surface area contributed by atoms with Crippen molar-refractivity contribution >= 4 is 5.91 Å². The first-order valence-corrected chi connectivity index (χ1v) is 8.14. The normalized spacial score (nSPS) is 10.5. The van der Waals surface area contributed by atoms with Crippen molar-refractivity contribution in [3.8, 4) is 0 Å². The van der Waals surface area contributed by atoms with Crippen molar-refractivity contribution in [3.05, 3.63) is 95.4 Å². The van der Waals surface area contributed by atoms with Crippen LogP contribution in [0.2, 0.25) is 0 Å². The van der Waals surface area contributed by atoms with Gasteiger partial charge in [0.15, 0.2) is 0 Å². The van der Waals surface area contributed by atoms with E-state index >= 15 is 0 Å². The lowest BCUT2D eigenvalue weighted by molar-refractivity contribution is 0.0733. The third-order valence-electron chi connectivity index (χ3n) is 4.03. The van der Waals surface area contributed by atoms with Gasteiger partial charge in [-0.1, -0.05) is 48.0 Å². The summed E-state index contributed by atoms with van der Waals surface area (Å²) < 4.78 is 5.43. The highest BCUT2D eigenvalue weighted by Gasteiger charge is 2.17. The maximum absolute atomic E-state index is 12.9. The molecule has 1 heterocycles. The number of hydrogen-bond donors (Lipinski definition) is 0. The Labute approximate surface area is 142 Å². The van der Waals surface area contributed by atoms with Crippen LogP contribution in [0.4, 0.5) is 0 Å². The minimum Gasteiger partial charge on any atom is -0.467 e. The molecular formula is C21H21NO2. The second-order valence-corrected chi connectivity index (χ2v) is 5.91. The van der Waals surface area contributed by atoms with Crippen LogP contribution in [-0.2, 0) is 13.0 Å². The molecule has 0 atom stereocenters. The molecule has 2 aromatic carbocycles. The fraction of sp³-hybridized carbons (Fsp3) is 0.190. The molecule has 0 aliphatic carbocycles. The summed E-state index contributed by atoms with van der Waals surface area (Å²) in [6, 6.07) is 21.7. The molecule has 1 amide bonds. The second-order valence-electron chi connectivity index (χ2n) is 5.91. The van der Waals surface area contributed by atoms with Gasteiger partial charge in [0, 0.05) is 12.1 Å². The average molecular weight is 319 g/mol. The zero-order chi connectivity index (χ0) is 16.8. The first-order chi connectivity index (χ1) is 11.7. The van der Waals surface area contributed by atoms with E-state index in [0.29, 0.717) is 18.7 Å². The Morgan fingerprint density at radius 1 is 0.958 bits per heavy atom. The highest BCUT2D eigenvalue weighted by Crippen LogP contribution is 2.13. The Hall–Kier alpha value is -2.81. The Kier molecular flexibility index (Phi) is 5.12. The number of amides is 1. The first kappa shape index (κ1) is 16.1. The quantitative estimate of drug-likeness (QED) is 0.671. The van der Waals surface area contributed by atoms with Crippen LogP contribution in [0.5, 0.6) is 0 Å². The molecule has 3 aromatic rings. The van der Waals surface area contributed by atoms with Crippen LogP contribution in [0.25, 0.3) is 0 Å². The summed E-state index contributed by atoms with van der Waals surface area (Å²) in [6.45, 7) is 3.15. The molecule has 0 aliphatic rings. The molecule has 0 fully saturated rings. The summed E-state index contributed by atoms with van der Waals surface area (Å²) >= 11 is 0. The van der Waals surface area contributed by atoms with Crippen LogP contribution in [0, 0.1) is 6.92 Å². The van der Waals surface area contributed by atoms with Gasteiger partial charge in [-0.15, -0.1) is 0 Å². The second kappa shape index (κ2) is 7.64. The predicted molar refractivity (Wildman–Crippen MR) is 94.8 cm³/mol. The molecule has 0 radical (unpaired) electrons. The van der Waals surface area contributed by atoms with E-state index in [-0.39, 0.29) is 5.91 Å². The molecule has 0 unspecified atom stereocenters. The molecule has 0 saturated heterocycles. The van der Waals surface area contributed by atoms with Gasteiger partial charge in [-0.2, -0.15) is 0 Å². The number of furan rings is 1. The number of benzene rings is 2. The topological polar surface area (TPSA) is 33.5 Å². The van der Waals surface area contributed by atoms with Gasteiger partial charge in [0.1, 0.15) is 5.76 Å². The molecule has 3 nitrogen and oxygen atoms in total. The molecule has 0 aliphatic heterocycles. The third kappa shape index (κ3) is 4.13. The molecule has 0 N–H and O–H groups in total. The smallest absolute Gasteiger partial charge is 0.254 e. The van der Waals surface area contributed by atoms with Crippen LogP contribution in [0.1, 0.15) is 27.2 Å². The van der Waals surface area contributed by atoms with Gasteiger partial charge in [0.05, 0.1) is 12.8 Å². The van der Waals surface area contributed by atoms with E-state index in [1.54, 1.807) is 6.26 Å². The van der Waals surface area contributed by atoms with Gasteiger partial charge in [-0.3, -0.25) is 4.79 Å². The average Bonchev–Trinajstić information content (AvgIpc) is 3.13. The Bertz CT molecular complexity index is 761. The van der Waals surface area contributed by atoms with Crippen molar-refractivity contribution in [1.82, 2.24) is 4.90 Å². The SMILES string of the molecule is Cc1ccc(C(=O)N(CCc2ccccc2)Cc2ccco2)cc1. The summed E-state index contributed by atoms with van der Waals surface area (Å²) in [5.41, 5.74) is 3.08. The standard InChI is InChI=1S/C21H21NO2/c1-17-9-11-19(12-10-17)21(23)22(16-20-8-5-15-24-20)14-13-18-6-3-2-4-7-18/h2-12,15H,13-14,16H2,1H3. The predicted octanol–water partition coefficient (Wildman–Crippen LogP) is 4.47. The number of hydrogen-bond acceptors (Lipinski definition) is 2. The lowest BCUT2D eigenvalue weighted by Crippen LogP contribution is -2.32. The number of rotatable bonds is 6. The summed E-state index contributed by atoms with van der Waals surface area (Å²) in [4.78, 5) is 14.7. The van der Waals surface area contributed by atoms with Gasteiger partial charge < -0.3 is 9.32 Å². The summed E-state index contributed by atoms with van der Waals surface area (Å²) in [5, 5.41) is 0. The summed E-state index contributed by atoms with van der Waals surface area (Å²) in [6.07, 6.45) is 2.46. The van der Waals surface area contributed by atoms with E-state index in [0.717, 1.165) is 17.7 Å². The van der Waals surface area contributed by atoms with Crippen molar-refractivity contribution in [2.75, 3.05) is 6.54 Å². The number of carbonyl (C=O) groups excluding carboxylic acids is 1.